The van der Waals surface area contributed by atoms with E-state index in [1.54, 1.807) is 0 Å². The summed E-state index contributed by atoms with van der Waals surface area (Å²) < 4.78 is 6.79. The number of hydrogen-bond donors (Lipinski definition) is 4. The Bertz CT molecular complexity index is 507. The summed E-state index contributed by atoms with van der Waals surface area (Å²) in [6, 6.07) is 0. The summed E-state index contributed by atoms with van der Waals surface area (Å²) in [5, 5.41) is 28.4. The summed E-state index contributed by atoms with van der Waals surface area (Å²) >= 11 is 1.88. The zero-order chi connectivity index (χ0) is 13.4. The lowest BCUT2D eigenvalue weighted by atomic mass is 10.1. The van der Waals surface area contributed by atoms with E-state index in [9.17, 15) is 15.0 Å². The van der Waals surface area contributed by atoms with Crippen molar-refractivity contribution in [1.29, 1.82) is 0 Å². The third-order valence-corrected chi connectivity index (χ3v) is 3.56. The maximum Gasteiger partial charge on any atom is 0.351 e. The molecule has 0 bridgehead atoms. The summed E-state index contributed by atoms with van der Waals surface area (Å²) in [6.07, 6.45) is -3.23. The van der Waals surface area contributed by atoms with Crippen LogP contribution in [-0.2, 0) is 4.74 Å². The molecule has 1 aromatic rings. The number of nitrogens with zero attached hydrogens (tertiary/aromatic N) is 2. The molecule has 9 heteroatoms. The van der Waals surface area contributed by atoms with Crippen molar-refractivity contribution in [2.75, 3.05) is 12.3 Å². The lowest BCUT2D eigenvalue weighted by molar-refractivity contribution is -0.0550. The Balaban J connectivity index is 2.39. The molecule has 0 unspecified atom stereocenters. The second kappa shape index (κ2) is 5.09. The van der Waals surface area contributed by atoms with Crippen LogP contribution in [0.5, 0.6) is 0 Å². The van der Waals surface area contributed by atoms with E-state index in [-0.39, 0.29) is 5.82 Å². The van der Waals surface area contributed by atoms with E-state index in [1.807, 2.05) is 22.6 Å². The van der Waals surface area contributed by atoms with Gasteiger partial charge >= 0.3 is 5.69 Å². The standard InChI is InChI=1S/C9H12IN3O5/c10-3-1-13(9(17)12-7(3)11)8-6(16)5(15)4(2-14)18-8/h1,4-6,8,14-16H,2H2,(H2,11,12,17)/t4-,5+,6-,8-/m0/s1. The molecule has 0 spiro atoms. The summed E-state index contributed by atoms with van der Waals surface area (Å²) in [5.41, 5.74) is 4.79. The number of aliphatic hydroxyl groups excluding tert-OH is 3. The highest BCUT2D eigenvalue weighted by Gasteiger charge is 2.43. The summed E-state index contributed by atoms with van der Waals surface area (Å²) in [7, 11) is 0. The van der Waals surface area contributed by atoms with E-state index in [4.69, 9.17) is 15.6 Å². The number of rotatable bonds is 2. The molecule has 1 aliphatic rings. The largest absolute Gasteiger partial charge is 0.394 e. The van der Waals surface area contributed by atoms with Crippen LogP contribution in [0.15, 0.2) is 11.0 Å². The summed E-state index contributed by atoms with van der Waals surface area (Å²) in [6.45, 7) is -0.455. The highest BCUT2D eigenvalue weighted by molar-refractivity contribution is 14.1. The number of aliphatic hydroxyl groups is 3. The molecule has 0 aromatic carbocycles. The topological polar surface area (TPSA) is 131 Å². The quantitative estimate of drug-likeness (QED) is 0.446. The summed E-state index contributed by atoms with van der Waals surface area (Å²) in [5.74, 6) is 0.0867. The maximum absolute atomic E-state index is 11.7. The normalized spacial score (nSPS) is 31.8. The van der Waals surface area contributed by atoms with Gasteiger partial charge in [0.05, 0.1) is 10.2 Å². The van der Waals surface area contributed by atoms with Crippen molar-refractivity contribution in [1.82, 2.24) is 9.55 Å². The molecule has 18 heavy (non-hydrogen) atoms. The molecular formula is C9H12IN3O5. The fourth-order valence-corrected chi connectivity index (χ4v) is 2.17. The minimum absolute atomic E-state index is 0.0867. The molecule has 1 aromatic heterocycles. The lowest BCUT2D eigenvalue weighted by Crippen LogP contribution is -2.36. The van der Waals surface area contributed by atoms with Crippen molar-refractivity contribution in [2.45, 2.75) is 24.5 Å². The van der Waals surface area contributed by atoms with Crippen LogP contribution < -0.4 is 11.4 Å². The van der Waals surface area contributed by atoms with Crippen LogP contribution in [0.1, 0.15) is 6.23 Å². The predicted molar refractivity (Wildman–Crippen MR) is 68.6 cm³/mol. The van der Waals surface area contributed by atoms with Gasteiger partial charge in [-0.05, 0) is 22.6 Å². The third-order valence-electron chi connectivity index (χ3n) is 2.73. The van der Waals surface area contributed by atoms with Crippen molar-refractivity contribution in [3.05, 3.63) is 20.3 Å². The fourth-order valence-electron chi connectivity index (χ4n) is 1.75. The van der Waals surface area contributed by atoms with Crippen molar-refractivity contribution in [3.8, 4) is 0 Å². The molecule has 0 amide bonds. The number of aromatic nitrogens is 2. The van der Waals surface area contributed by atoms with Gasteiger partial charge in [-0.15, -0.1) is 0 Å². The van der Waals surface area contributed by atoms with Crippen molar-refractivity contribution < 1.29 is 20.1 Å². The van der Waals surface area contributed by atoms with E-state index in [0.29, 0.717) is 3.57 Å². The van der Waals surface area contributed by atoms with Gasteiger partial charge in [-0.25, -0.2) is 4.79 Å². The fraction of sp³-hybridized carbons (Fsp3) is 0.556. The highest BCUT2D eigenvalue weighted by Crippen LogP contribution is 2.28. The number of nitrogen functional groups attached to an aromatic ring is 1. The average Bonchev–Trinajstić information content (AvgIpc) is 2.61. The van der Waals surface area contributed by atoms with Gasteiger partial charge in [0, 0.05) is 6.20 Å². The molecule has 1 fully saturated rings. The van der Waals surface area contributed by atoms with E-state index in [2.05, 4.69) is 4.98 Å². The van der Waals surface area contributed by atoms with E-state index < -0.39 is 36.8 Å². The molecule has 2 heterocycles. The molecule has 1 aliphatic heterocycles. The first-order chi connectivity index (χ1) is 8.45. The molecule has 2 rings (SSSR count). The van der Waals surface area contributed by atoms with Gasteiger partial charge < -0.3 is 25.8 Å². The highest BCUT2D eigenvalue weighted by atomic mass is 127. The Morgan fingerprint density at radius 3 is 2.72 bits per heavy atom. The molecule has 100 valence electrons. The van der Waals surface area contributed by atoms with Gasteiger partial charge in [0.15, 0.2) is 6.23 Å². The van der Waals surface area contributed by atoms with Crippen molar-refractivity contribution in [2.24, 2.45) is 0 Å². The molecule has 0 aliphatic carbocycles. The summed E-state index contributed by atoms with van der Waals surface area (Å²) in [4.78, 5) is 15.2. The Hall–Kier alpha value is -0.750. The molecular weight excluding hydrogens is 357 g/mol. The first kappa shape index (κ1) is 13.7. The number of nitrogens with two attached hydrogens (primary N) is 1. The zero-order valence-corrected chi connectivity index (χ0v) is 11.3. The zero-order valence-electron chi connectivity index (χ0n) is 9.10. The molecule has 4 atom stereocenters. The van der Waals surface area contributed by atoms with Crippen LogP contribution in [0, 0.1) is 3.57 Å². The van der Waals surface area contributed by atoms with Gasteiger partial charge in [0.1, 0.15) is 24.1 Å². The Morgan fingerprint density at radius 2 is 2.17 bits per heavy atom. The monoisotopic (exact) mass is 369 g/mol. The smallest absolute Gasteiger partial charge is 0.351 e. The maximum atomic E-state index is 11.7. The van der Waals surface area contributed by atoms with E-state index in [1.165, 1.54) is 6.20 Å². The second-order valence-electron chi connectivity index (χ2n) is 3.89. The number of hydrogen-bond acceptors (Lipinski definition) is 7. The van der Waals surface area contributed by atoms with Gasteiger partial charge in [-0.3, -0.25) is 4.57 Å². The number of anilines is 1. The van der Waals surface area contributed by atoms with Gasteiger partial charge in [0.2, 0.25) is 0 Å². The van der Waals surface area contributed by atoms with Crippen LogP contribution in [0.4, 0.5) is 5.82 Å². The van der Waals surface area contributed by atoms with Crippen LogP contribution >= 0.6 is 22.6 Å². The Labute approximate surface area is 115 Å². The number of halogens is 1. The van der Waals surface area contributed by atoms with Crippen LogP contribution in [-0.4, -0.2) is 49.8 Å². The SMILES string of the molecule is Nc1nc(=O)n([C@H]2O[C@@H](CO)[C@@H](O)[C@@H]2O)cc1I. The molecule has 8 nitrogen and oxygen atoms in total. The van der Waals surface area contributed by atoms with Gasteiger partial charge in [0.25, 0.3) is 0 Å². The molecule has 0 saturated carbocycles. The lowest BCUT2D eigenvalue weighted by Gasteiger charge is -2.17. The van der Waals surface area contributed by atoms with Gasteiger partial charge in [-0.2, -0.15) is 4.98 Å². The minimum Gasteiger partial charge on any atom is -0.394 e. The average molecular weight is 369 g/mol. The molecule has 0 radical (unpaired) electrons. The molecule has 1 saturated heterocycles. The van der Waals surface area contributed by atoms with Crippen LogP contribution in [0.25, 0.3) is 0 Å². The first-order valence-electron chi connectivity index (χ1n) is 5.12. The van der Waals surface area contributed by atoms with Crippen molar-refractivity contribution in [3.63, 3.8) is 0 Å². The Morgan fingerprint density at radius 1 is 1.50 bits per heavy atom. The first-order valence-corrected chi connectivity index (χ1v) is 6.20. The number of ether oxygens (including phenoxy) is 1. The van der Waals surface area contributed by atoms with Gasteiger partial charge in [-0.1, -0.05) is 0 Å². The predicted octanol–water partition coefficient (Wildman–Crippen LogP) is -1.96. The van der Waals surface area contributed by atoms with Crippen molar-refractivity contribution >= 4 is 28.4 Å². The minimum atomic E-state index is -1.32. The van der Waals surface area contributed by atoms with E-state index >= 15 is 0 Å². The second-order valence-corrected chi connectivity index (χ2v) is 5.05. The molecule has 5 N–H and O–H groups in total. The van der Waals surface area contributed by atoms with E-state index in [0.717, 1.165) is 4.57 Å². The van der Waals surface area contributed by atoms with Crippen LogP contribution in [0.2, 0.25) is 0 Å². The third kappa shape index (κ3) is 2.23. The Kier molecular flexibility index (Phi) is 3.87. The van der Waals surface area contributed by atoms with Crippen LogP contribution in [0.3, 0.4) is 0 Å².